The van der Waals surface area contributed by atoms with Crippen LogP contribution in [-0.4, -0.2) is 78.1 Å². The summed E-state index contributed by atoms with van der Waals surface area (Å²) in [4.78, 5) is 26.1. The molecule has 3 aliphatic heterocycles. The van der Waals surface area contributed by atoms with Crippen LogP contribution in [0.1, 0.15) is 32.6 Å². The van der Waals surface area contributed by atoms with E-state index in [2.05, 4.69) is 20.2 Å². The first kappa shape index (κ1) is 21.2. The van der Waals surface area contributed by atoms with Gasteiger partial charge in [-0.2, -0.15) is 0 Å². The van der Waals surface area contributed by atoms with Crippen molar-refractivity contribution < 1.29 is 19.4 Å². The van der Waals surface area contributed by atoms with E-state index in [4.69, 9.17) is 9.47 Å². The first-order valence-electron chi connectivity index (χ1n) is 11.3. The maximum atomic E-state index is 12.7. The Labute approximate surface area is 187 Å². The molecule has 1 aromatic heterocycles. The Bertz CT molecular complexity index is 1010. The Morgan fingerprint density at radius 1 is 1.19 bits per heavy atom. The van der Waals surface area contributed by atoms with Gasteiger partial charge in [0, 0.05) is 38.2 Å². The topological polar surface area (TPSA) is 100 Å². The smallest absolute Gasteiger partial charge is 0.323 e. The molecule has 3 saturated heterocycles. The van der Waals surface area contributed by atoms with Crippen molar-refractivity contribution in [2.24, 2.45) is 5.41 Å². The Hall–Kier alpha value is -2.65. The third-order valence-electron chi connectivity index (χ3n) is 7.19. The monoisotopic (exact) mass is 441 g/mol. The molecule has 9 heteroatoms. The number of ether oxygens (including phenoxy) is 2. The van der Waals surface area contributed by atoms with E-state index >= 15 is 0 Å². The lowest BCUT2D eigenvalue weighted by molar-refractivity contribution is 0.00569. The van der Waals surface area contributed by atoms with Crippen molar-refractivity contribution >= 4 is 28.6 Å². The van der Waals surface area contributed by atoms with Gasteiger partial charge in [0.25, 0.3) is 0 Å². The van der Waals surface area contributed by atoms with Crippen LogP contribution in [0.3, 0.4) is 0 Å². The van der Waals surface area contributed by atoms with Gasteiger partial charge in [-0.25, -0.2) is 14.8 Å². The molecule has 0 radical (unpaired) electrons. The van der Waals surface area contributed by atoms with E-state index in [1.165, 1.54) is 0 Å². The van der Waals surface area contributed by atoms with Gasteiger partial charge in [-0.1, -0.05) is 0 Å². The number of aliphatic hydroxyl groups is 1. The van der Waals surface area contributed by atoms with Gasteiger partial charge in [-0.05, 0) is 44.7 Å². The minimum atomic E-state index is -0.706. The number of carbonyl (C=O) groups excluding carboxylic acids is 1. The maximum Gasteiger partial charge on any atom is 0.323 e. The minimum absolute atomic E-state index is 0.230. The summed E-state index contributed by atoms with van der Waals surface area (Å²) >= 11 is 0. The fourth-order valence-electron chi connectivity index (χ4n) is 5.03. The molecule has 9 nitrogen and oxygen atoms in total. The normalized spacial score (nSPS) is 25.0. The molecule has 32 heavy (non-hydrogen) atoms. The van der Waals surface area contributed by atoms with E-state index in [0.717, 1.165) is 50.3 Å². The third kappa shape index (κ3) is 3.95. The van der Waals surface area contributed by atoms with Gasteiger partial charge < -0.3 is 24.4 Å². The van der Waals surface area contributed by atoms with E-state index in [0.29, 0.717) is 43.0 Å². The highest BCUT2D eigenvalue weighted by Crippen LogP contribution is 2.42. The summed E-state index contributed by atoms with van der Waals surface area (Å²) < 4.78 is 11.2. The second-order valence-electron chi connectivity index (χ2n) is 9.63. The van der Waals surface area contributed by atoms with E-state index in [1.54, 1.807) is 18.2 Å². The zero-order valence-electron chi connectivity index (χ0n) is 18.8. The van der Waals surface area contributed by atoms with Gasteiger partial charge in [0.1, 0.15) is 16.8 Å². The molecule has 0 bridgehead atoms. The van der Waals surface area contributed by atoms with Crippen molar-refractivity contribution in [3.8, 4) is 5.75 Å². The number of anilines is 2. The van der Waals surface area contributed by atoms with Gasteiger partial charge in [0.2, 0.25) is 0 Å². The number of carbonyl (C=O) groups is 1. The number of nitrogens with zero attached hydrogens (tertiary/aromatic N) is 4. The van der Waals surface area contributed by atoms with Crippen molar-refractivity contribution in [3.63, 3.8) is 0 Å². The molecule has 1 spiro atoms. The van der Waals surface area contributed by atoms with Crippen LogP contribution >= 0.6 is 0 Å². The Balaban J connectivity index is 1.38. The lowest BCUT2D eigenvalue weighted by atomic mass is 9.87. The number of aromatic nitrogens is 2. The standard InChI is InChI=1S/C23H31N5O4/c1-22(30)5-9-27(10-6-22)21(29)26-18-13-24-19-16(3-4-17(31-2)20(19)25-18)28-11-7-23(14-28)8-12-32-15-23/h3-4,13,30H,5-12,14-15H2,1-2H3,(H,25,26,29). The number of likely N-dealkylation sites (tertiary alicyclic amines) is 1. The summed E-state index contributed by atoms with van der Waals surface area (Å²) in [5.41, 5.74) is 1.97. The quantitative estimate of drug-likeness (QED) is 0.755. The molecule has 3 aliphatic rings. The molecule has 3 fully saturated rings. The van der Waals surface area contributed by atoms with Crippen molar-refractivity contribution in [1.29, 1.82) is 0 Å². The fraction of sp³-hybridized carbons (Fsp3) is 0.609. The summed E-state index contributed by atoms with van der Waals surface area (Å²) in [6.45, 7) is 6.40. The summed E-state index contributed by atoms with van der Waals surface area (Å²) in [7, 11) is 1.61. The molecule has 2 amide bonds. The molecule has 0 saturated carbocycles. The highest BCUT2D eigenvalue weighted by Gasteiger charge is 2.42. The zero-order valence-corrected chi connectivity index (χ0v) is 18.8. The summed E-state index contributed by atoms with van der Waals surface area (Å²) in [6.07, 6.45) is 4.94. The fourth-order valence-corrected chi connectivity index (χ4v) is 5.03. The summed E-state index contributed by atoms with van der Waals surface area (Å²) in [6, 6.07) is 3.73. The van der Waals surface area contributed by atoms with Gasteiger partial charge in [0.15, 0.2) is 5.82 Å². The van der Waals surface area contributed by atoms with Crippen LogP contribution in [-0.2, 0) is 4.74 Å². The first-order valence-corrected chi connectivity index (χ1v) is 11.3. The van der Waals surface area contributed by atoms with Crippen molar-refractivity contribution in [2.45, 2.75) is 38.2 Å². The van der Waals surface area contributed by atoms with Crippen LogP contribution < -0.4 is 15.0 Å². The second-order valence-corrected chi connectivity index (χ2v) is 9.63. The maximum absolute atomic E-state index is 12.7. The molecule has 2 aromatic rings. The summed E-state index contributed by atoms with van der Waals surface area (Å²) in [5.74, 6) is 1.01. The number of amides is 2. The predicted octanol–water partition coefficient (Wildman–Crippen LogP) is 2.63. The second kappa shape index (κ2) is 8.04. The molecule has 2 N–H and O–H groups in total. The van der Waals surface area contributed by atoms with Crippen LogP contribution in [0.15, 0.2) is 18.3 Å². The highest BCUT2D eigenvalue weighted by atomic mass is 16.5. The molecule has 1 aromatic carbocycles. The number of piperidine rings is 1. The number of urea groups is 1. The first-order chi connectivity index (χ1) is 15.4. The molecule has 5 rings (SSSR count). The van der Waals surface area contributed by atoms with Gasteiger partial charge in [-0.3, -0.25) is 5.32 Å². The van der Waals surface area contributed by atoms with Crippen molar-refractivity contribution in [1.82, 2.24) is 14.9 Å². The van der Waals surface area contributed by atoms with E-state index < -0.39 is 5.60 Å². The molecule has 172 valence electrons. The number of hydrogen-bond acceptors (Lipinski definition) is 7. The Morgan fingerprint density at radius 2 is 2.00 bits per heavy atom. The van der Waals surface area contributed by atoms with Crippen LogP contribution in [0.5, 0.6) is 5.75 Å². The van der Waals surface area contributed by atoms with Crippen molar-refractivity contribution in [2.75, 3.05) is 56.7 Å². The van der Waals surface area contributed by atoms with Crippen molar-refractivity contribution in [3.05, 3.63) is 18.3 Å². The lowest BCUT2D eigenvalue weighted by Gasteiger charge is -2.35. The Kier molecular flexibility index (Phi) is 5.33. The van der Waals surface area contributed by atoms with Crippen LogP contribution in [0.4, 0.5) is 16.3 Å². The zero-order chi connectivity index (χ0) is 22.3. The average molecular weight is 442 g/mol. The number of methoxy groups -OCH3 is 1. The number of hydrogen-bond donors (Lipinski definition) is 2. The number of nitrogens with one attached hydrogen (secondary N) is 1. The number of fused-ring (bicyclic) bond motifs is 1. The van der Waals surface area contributed by atoms with E-state index in [-0.39, 0.29) is 11.4 Å². The molecule has 1 unspecified atom stereocenters. The molecule has 4 heterocycles. The van der Waals surface area contributed by atoms with Crippen LogP contribution in [0.25, 0.3) is 11.0 Å². The molecular formula is C23H31N5O4. The van der Waals surface area contributed by atoms with Crippen LogP contribution in [0, 0.1) is 5.41 Å². The average Bonchev–Trinajstić information content (AvgIpc) is 3.42. The number of benzene rings is 1. The van der Waals surface area contributed by atoms with E-state index in [9.17, 15) is 9.90 Å². The molecule has 1 atom stereocenters. The molecular weight excluding hydrogens is 410 g/mol. The predicted molar refractivity (Wildman–Crippen MR) is 121 cm³/mol. The minimum Gasteiger partial charge on any atom is -0.494 e. The SMILES string of the molecule is COc1ccc(N2CCC3(CCOC3)C2)c2ncc(NC(=O)N3CCC(C)(O)CC3)nc12. The lowest BCUT2D eigenvalue weighted by Crippen LogP contribution is -2.46. The van der Waals surface area contributed by atoms with Gasteiger partial charge >= 0.3 is 6.03 Å². The van der Waals surface area contributed by atoms with E-state index in [1.807, 2.05) is 19.1 Å². The largest absolute Gasteiger partial charge is 0.494 e. The molecule has 0 aliphatic carbocycles. The van der Waals surface area contributed by atoms with Crippen LogP contribution in [0.2, 0.25) is 0 Å². The third-order valence-corrected chi connectivity index (χ3v) is 7.19. The summed E-state index contributed by atoms with van der Waals surface area (Å²) in [5, 5.41) is 13.0. The highest BCUT2D eigenvalue weighted by molar-refractivity contribution is 5.95. The van der Waals surface area contributed by atoms with Gasteiger partial charge in [0.05, 0.1) is 31.2 Å². The Morgan fingerprint density at radius 3 is 2.72 bits per heavy atom. The van der Waals surface area contributed by atoms with Gasteiger partial charge in [-0.15, -0.1) is 0 Å². The number of rotatable bonds is 3.